The quantitative estimate of drug-likeness (QED) is 0.707. The third-order valence-corrected chi connectivity index (χ3v) is 2.17. The lowest BCUT2D eigenvalue weighted by molar-refractivity contribution is 0.906. The zero-order chi connectivity index (χ0) is 7.84. The zero-order valence-corrected chi connectivity index (χ0v) is 7.57. The van der Waals surface area contributed by atoms with Gasteiger partial charge < -0.3 is 4.98 Å². The van der Waals surface area contributed by atoms with Crippen molar-refractivity contribution >= 4 is 28.1 Å². The predicted octanol–water partition coefficient (Wildman–Crippen LogP) is 0.627. The number of halogens is 1. The van der Waals surface area contributed by atoms with Crippen LogP contribution in [0.5, 0.6) is 0 Å². The maximum atomic E-state index is 11.1. The molecule has 0 fully saturated rings. The molecule has 11 heavy (non-hydrogen) atoms. The van der Waals surface area contributed by atoms with Crippen molar-refractivity contribution in [1.82, 2.24) is 14.6 Å². The lowest BCUT2D eigenvalue weighted by Crippen LogP contribution is -2.10. The molecular weight excluding hydrogens is 257 g/mol. The fourth-order valence-electron chi connectivity index (χ4n) is 0.906. The average Bonchev–Trinajstić information content (AvgIpc) is 2.45. The lowest BCUT2D eigenvalue weighted by atomic mass is 10.5. The topological polar surface area (TPSA) is 50.2 Å². The highest BCUT2D eigenvalue weighted by atomic mass is 127. The molecule has 56 valence electrons. The maximum absolute atomic E-state index is 11.1. The zero-order valence-electron chi connectivity index (χ0n) is 5.41. The third kappa shape index (κ3) is 0.953. The fraction of sp³-hybridized carbons (Fsp3) is 0. The lowest BCUT2D eigenvalue weighted by Gasteiger charge is -1.93. The summed E-state index contributed by atoms with van der Waals surface area (Å²) in [5.41, 5.74) is 0.472. The molecule has 0 saturated carbocycles. The van der Waals surface area contributed by atoms with Gasteiger partial charge >= 0.3 is 0 Å². The summed E-state index contributed by atoms with van der Waals surface area (Å²) < 4.78 is 2.49. The van der Waals surface area contributed by atoms with Gasteiger partial charge in [0, 0.05) is 6.20 Å². The second-order valence-electron chi connectivity index (χ2n) is 2.07. The molecule has 0 amide bonds. The van der Waals surface area contributed by atoms with Gasteiger partial charge in [-0.3, -0.25) is 4.79 Å². The van der Waals surface area contributed by atoms with Crippen molar-refractivity contribution < 1.29 is 0 Å². The number of hydrogen-bond acceptors (Lipinski definition) is 2. The van der Waals surface area contributed by atoms with Gasteiger partial charge in [0.2, 0.25) is 0 Å². The van der Waals surface area contributed by atoms with E-state index in [2.05, 4.69) is 32.7 Å². The number of rotatable bonds is 0. The van der Waals surface area contributed by atoms with E-state index in [0.29, 0.717) is 5.52 Å². The fourth-order valence-corrected chi connectivity index (χ4v) is 1.45. The highest BCUT2D eigenvalue weighted by Gasteiger charge is 2.00. The number of fused-ring (bicyclic) bond motifs is 1. The number of nitrogens with zero attached hydrogens (tertiary/aromatic N) is 2. The summed E-state index contributed by atoms with van der Waals surface area (Å²) in [6, 6.07) is 1.68. The van der Waals surface area contributed by atoms with Gasteiger partial charge in [0.25, 0.3) is 5.56 Å². The van der Waals surface area contributed by atoms with E-state index in [9.17, 15) is 4.79 Å². The third-order valence-electron chi connectivity index (χ3n) is 1.40. The van der Waals surface area contributed by atoms with Crippen molar-refractivity contribution in [3.8, 4) is 0 Å². The molecule has 0 saturated heterocycles. The summed E-state index contributed by atoms with van der Waals surface area (Å²) >= 11 is 2.10. The molecule has 0 aliphatic carbocycles. The largest absolute Gasteiger partial charge is 0.325 e. The van der Waals surface area contributed by atoms with Crippen molar-refractivity contribution in [2.24, 2.45) is 0 Å². The van der Waals surface area contributed by atoms with Crippen LogP contribution in [-0.2, 0) is 0 Å². The van der Waals surface area contributed by atoms with Crippen LogP contribution >= 0.6 is 22.6 Å². The Morgan fingerprint density at radius 2 is 2.45 bits per heavy atom. The molecule has 1 N–H and O–H groups in total. The van der Waals surface area contributed by atoms with Gasteiger partial charge in [-0.1, -0.05) is 0 Å². The van der Waals surface area contributed by atoms with Crippen molar-refractivity contribution in [1.29, 1.82) is 0 Å². The number of aromatic nitrogens is 3. The highest BCUT2D eigenvalue weighted by molar-refractivity contribution is 14.1. The highest BCUT2D eigenvalue weighted by Crippen LogP contribution is 2.01. The molecule has 0 atom stereocenters. The van der Waals surface area contributed by atoms with E-state index in [4.69, 9.17) is 0 Å². The van der Waals surface area contributed by atoms with Gasteiger partial charge in [-0.2, -0.15) is 5.10 Å². The average molecular weight is 261 g/mol. The summed E-state index contributed by atoms with van der Waals surface area (Å²) in [6.07, 6.45) is 3.23. The van der Waals surface area contributed by atoms with Crippen LogP contribution in [0.1, 0.15) is 0 Å². The Kier molecular flexibility index (Phi) is 1.45. The first kappa shape index (κ1) is 6.84. The summed E-state index contributed by atoms with van der Waals surface area (Å²) in [4.78, 5) is 13.7. The Labute approximate surface area is 75.4 Å². The Bertz CT molecular complexity index is 444. The molecule has 0 aliphatic heterocycles. The van der Waals surface area contributed by atoms with Crippen LogP contribution in [0, 0.1) is 3.70 Å². The molecule has 2 aromatic heterocycles. The first-order valence-electron chi connectivity index (χ1n) is 3.00. The first-order chi connectivity index (χ1) is 5.29. The SMILES string of the molecule is O=c1[nH]cc(I)n2nccc12. The van der Waals surface area contributed by atoms with E-state index in [1.165, 1.54) is 0 Å². The van der Waals surface area contributed by atoms with Gasteiger partial charge in [0.15, 0.2) is 0 Å². The summed E-state index contributed by atoms with van der Waals surface area (Å²) in [7, 11) is 0. The molecule has 0 aromatic carbocycles. The van der Waals surface area contributed by atoms with Gasteiger partial charge in [-0.05, 0) is 28.7 Å². The van der Waals surface area contributed by atoms with Gasteiger partial charge in [0.05, 0.1) is 6.20 Å². The second kappa shape index (κ2) is 2.33. The summed E-state index contributed by atoms with van der Waals surface area (Å²) in [5.74, 6) is 0. The Morgan fingerprint density at radius 3 is 3.18 bits per heavy atom. The number of nitrogens with one attached hydrogen (secondary N) is 1. The molecule has 2 aromatic rings. The van der Waals surface area contributed by atoms with Crippen LogP contribution in [0.25, 0.3) is 5.52 Å². The first-order valence-corrected chi connectivity index (χ1v) is 4.08. The van der Waals surface area contributed by atoms with E-state index in [1.807, 2.05) is 0 Å². The van der Waals surface area contributed by atoms with Crippen LogP contribution in [0.2, 0.25) is 0 Å². The molecule has 2 rings (SSSR count). The van der Waals surface area contributed by atoms with Crippen LogP contribution in [0.3, 0.4) is 0 Å². The monoisotopic (exact) mass is 261 g/mol. The van der Waals surface area contributed by atoms with Gasteiger partial charge in [-0.15, -0.1) is 0 Å². The predicted molar refractivity (Wildman–Crippen MR) is 48.5 cm³/mol. The smallest absolute Gasteiger partial charge is 0.274 e. The second-order valence-corrected chi connectivity index (χ2v) is 3.17. The van der Waals surface area contributed by atoms with Crippen LogP contribution in [-0.4, -0.2) is 14.6 Å². The van der Waals surface area contributed by atoms with Gasteiger partial charge in [-0.25, -0.2) is 4.52 Å². The molecule has 2 heterocycles. The molecule has 5 heteroatoms. The maximum Gasteiger partial charge on any atom is 0.274 e. The molecule has 0 aliphatic rings. The van der Waals surface area contributed by atoms with Crippen LogP contribution < -0.4 is 5.56 Å². The van der Waals surface area contributed by atoms with Crippen molar-refractivity contribution in [3.63, 3.8) is 0 Å². The van der Waals surface area contributed by atoms with E-state index in [0.717, 1.165) is 3.70 Å². The van der Waals surface area contributed by atoms with Crippen LogP contribution in [0.4, 0.5) is 0 Å². The minimum atomic E-state index is -0.108. The number of aromatic amines is 1. The van der Waals surface area contributed by atoms with E-state index in [1.54, 1.807) is 23.0 Å². The van der Waals surface area contributed by atoms with Gasteiger partial charge in [0.1, 0.15) is 9.22 Å². The van der Waals surface area contributed by atoms with E-state index >= 15 is 0 Å². The Morgan fingerprint density at radius 1 is 1.64 bits per heavy atom. The molecular formula is C6H4IN3O. The summed E-state index contributed by atoms with van der Waals surface area (Å²) in [6.45, 7) is 0. The van der Waals surface area contributed by atoms with Crippen molar-refractivity contribution in [2.75, 3.05) is 0 Å². The normalized spacial score (nSPS) is 10.6. The van der Waals surface area contributed by atoms with Crippen molar-refractivity contribution in [3.05, 3.63) is 32.5 Å². The summed E-state index contributed by atoms with van der Waals surface area (Å²) in [5, 5.41) is 3.97. The molecule has 0 radical (unpaired) electrons. The Balaban J connectivity index is 3.08. The van der Waals surface area contributed by atoms with Crippen molar-refractivity contribution in [2.45, 2.75) is 0 Å². The minimum absolute atomic E-state index is 0.108. The van der Waals surface area contributed by atoms with E-state index < -0.39 is 0 Å². The molecule has 0 unspecified atom stereocenters. The molecule has 0 spiro atoms. The standard InChI is InChI=1S/C6H4IN3O/c7-5-3-8-6(11)4-1-2-9-10(4)5/h1-3H,(H,8,11). The van der Waals surface area contributed by atoms with E-state index in [-0.39, 0.29) is 5.56 Å². The Hall–Kier alpha value is -0.850. The molecule has 4 nitrogen and oxygen atoms in total. The number of hydrogen-bond donors (Lipinski definition) is 1. The number of H-pyrrole nitrogens is 1. The minimum Gasteiger partial charge on any atom is -0.325 e. The molecule has 0 bridgehead atoms. The van der Waals surface area contributed by atoms with Crippen LogP contribution in [0.15, 0.2) is 23.3 Å².